The molecule has 7 nitrogen and oxygen atoms in total. The number of benzene rings is 2. The highest BCUT2D eigenvalue weighted by atomic mass is 16.5. The van der Waals surface area contributed by atoms with Gasteiger partial charge >= 0.3 is 0 Å². The number of carbonyl (C=O) groups is 2. The minimum Gasteiger partial charge on any atom is -0.507 e. The van der Waals surface area contributed by atoms with Gasteiger partial charge in [-0.1, -0.05) is 38.6 Å². The van der Waals surface area contributed by atoms with E-state index in [0.29, 0.717) is 43.4 Å². The average Bonchev–Trinajstić information content (AvgIpc) is 3.13. The van der Waals surface area contributed by atoms with Gasteiger partial charge < -0.3 is 24.4 Å². The van der Waals surface area contributed by atoms with E-state index in [2.05, 4.69) is 25.3 Å². The summed E-state index contributed by atoms with van der Waals surface area (Å²) in [5.74, 6) is -0.182. The molecule has 0 aliphatic carbocycles. The Morgan fingerprint density at radius 3 is 2.17 bits per heavy atom. The Balaban J connectivity index is 2.03. The van der Waals surface area contributed by atoms with Crippen LogP contribution in [0.3, 0.4) is 0 Å². The molecule has 7 heteroatoms. The molecule has 0 aromatic heterocycles. The summed E-state index contributed by atoms with van der Waals surface area (Å²) in [4.78, 5) is 30.1. The lowest BCUT2D eigenvalue weighted by atomic mass is 9.95. The number of ether oxygens (including phenoxy) is 2. The Bertz CT molecular complexity index is 1060. The van der Waals surface area contributed by atoms with Crippen LogP contribution in [0, 0.1) is 0 Å². The van der Waals surface area contributed by atoms with E-state index in [9.17, 15) is 14.7 Å². The third-order valence-corrected chi connectivity index (χ3v) is 6.09. The second kappa shape index (κ2) is 12.2. The summed E-state index contributed by atoms with van der Waals surface area (Å²) in [6.07, 6.45) is 1.66. The molecule has 1 N–H and O–H groups in total. The summed E-state index contributed by atoms with van der Waals surface area (Å²) in [5, 5.41) is 11.2. The number of hydrogen-bond acceptors (Lipinski definition) is 6. The maximum atomic E-state index is 13.2. The van der Waals surface area contributed by atoms with Gasteiger partial charge in [0.15, 0.2) is 0 Å². The molecule has 2 aromatic carbocycles. The Morgan fingerprint density at radius 2 is 1.60 bits per heavy atom. The molecule has 186 valence electrons. The zero-order chi connectivity index (χ0) is 25.4. The number of Topliss-reactive ketones (excluding diaryl/α,β-unsaturated/α-hetero) is 1. The normalized spacial score (nSPS) is 17.1. The van der Waals surface area contributed by atoms with Gasteiger partial charge in [-0.2, -0.15) is 0 Å². The quantitative estimate of drug-likeness (QED) is 0.211. The van der Waals surface area contributed by atoms with E-state index in [1.54, 1.807) is 47.4 Å². The fraction of sp³-hybridized carbons (Fsp3) is 0.357. The first-order valence-electron chi connectivity index (χ1n) is 12.0. The number of amides is 1. The first-order chi connectivity index (χ1) is 16.9. The molecule has 35 heavy (non-hydrogen) atoms. The predicted octanol–water partition coefficient (Wildman–Crippen LogP) is 4.41. The van der Waals surface area contributed by atoms with Crippen LogP contribution >= 0.6 is 0 Å². The third-order valence-electron chi connectivity index (χ3n) is 6.09. The van der Waals surface area contributed by atoms with Gasteiger partial charge in [-0.3, -0.25) is 9.59 Å². The molecule has 2 aromatic rings. The minimum absolute atomic E-state index is 0.0819. The van der Waals surface area contributed by atoms with Crippen LogP contribution in [0.2, 0.25) is 0 Å². The summed E-state index contributed by atoms with van der Waals surface area (Å²) in [5.41, 5.74) is 1.26. The maximum Gasteiger partial charge on any atom is 0.295 e. The van der Waals surface area contributed by atoms with Crippen molar-refractivity contribution in [2.45, 2.75) is 26.8 Å². The Kier molecular flexibility index (Phi) is 9.09. The molecule has 0 bridgehead atoms. The zero-order valence-electron chi connectivity index (χ0n) is 20.7. The predicted molar refractivity (Wildman–Crippen MR) is 137 cm³/mol. The summed E-state index contributed by atoms with van der Waals surface area (Å²) in [6, 6.07) is 13.4. The molecule has 1 fully saturated rings. The summed E-state index contributed by atoms with van der Waals surface area (Å²) >= 11 is 0. The molecule has 1 aliphatic heterocycles. The van der Waals surface area contributed by atoms with Crippen LogP contribution in [0.5, 0.6) is 11.5 Å². The molecular formula is C28H34N2O5. The molecule has 1 heterocycles. The minimum atomic E-state index is -0.703. The molecule has 1 saturated heterocycles. The molecule has 0 radical (unpaired) electrons. The van der Waals surface area contributed by atoms with E-state index in [-0.39, 0.29) is 11.3 Å². The molecule has 1 aliphatic rings. The average molecular weight is 479 g/mol. The van der Waals surface area contributed by atoms with Crippen molar-refractivity contribution >= 4 is 17.4 Å². The number of ketones is 1. The van der Waals surface area contributed by atoms with Crippen molar-refractivity contribution in [1.82, 2.24) is 9.80 Å². The topological polar surface area (TPSA) is 79.3 Å². The van der Waals surface area contributed by atoms with Crippen LogP contribution in [-0.2, 0) is 9.59 Å². The largest absolute Gasteiger partial charge is 0.507 e. The molecule has 3 rings (SSSR count). The van der Waals surface area contributed by atoms with Gasteiger partial charge in [-0.25, -0.2) is 0 Å². The number of hydrogen-bond donors (Lipinski definition) is 1. The third kappa shape index (κ3) is 5.92. The zero-order valence-corrected chi connectivity index (χ0v) is 20.7. The standard InChI is InChI=1S/C28H34N2O5/c1-5-19-35-23-13-9-20(10-14-23)25-24(26(31)21-11-15-22(16-12-21)34-8-4)27(32)28(33)30(25)18-17-29(6-2)7-3/h5,9-16,25,31H,1,6-8,17-19H2,2-4H3/b26-24+/t25-/m0/s1. The molecular weight excluding hydrogens is 444 g/mol. The second-order valence-corrected chi connectivity index (χ2v) is 8.15. The lowest BCUT2D eigenvalue weighted by Crippen LogP contribution is -2.38. The molecule has 1 amide bonds. The van der Waals surface area contributed by atoms with Gasteiger partial charge in [0.2, 0.25) is 0 Å². The monoisotopic (exact) mass is 478 g/mol. The van der Waals surface area contributed by atoms with Crippen molar-refractivity contribution in [3.05, 3.63) is 77.9 Å². The van der Waals surface area contributed by atoms with Crippen molar-refractivity contribution in [3.8, 4) is 11.5 Å². The van der Waals surface area contributed by atoms with Crippen LogP contribution in [0.15, 0.2) is 66.8 Å². The Hall–Kier alpha value is -3.58. The summed E-state index contributed by atoms with van der Waals surface area (Å²) in [6.45, 7) is 13.2. The first kappa shape index (κ1) is 26.0. The van der Waals surface area contributed by atoms with Gasteiger partial charge in [-0.15, -0.1) is 0 Å². The van der Waals surface area contributed by atoms with Crippen molar-refractivity contribution < 1.29 is 24.2 Å². The highest BCUT2D eigenvalue weighted by Crippen LogP contribution is 2.39. The summed E-state index contributed by atoms with van der Waals surface area (Å²) < 4.78 is 11.1. The number of rotatable bonds is 12. The fourth-order valence-electron chi connectivity index (χ4n) is 4.18. The van der Waals surface area contributed by atoms with Gasteiger partial charge in [0.25, 0.3) is 11.7 Å². The SMILES string of the molecule is C=CCOc1ccc([C@H]2/C(=C(\O)c3ccc(OCC)cc3)C(=O)C(=O)N2CCN(CC)CC)cc1. The van der Waals surface area contributed by atoms with E-state index >= 15 is 0 Å². The van der Waals surface area contributed by atoms with Crippen molar-refractivity contribution in [2.24, 2.45) is 0 Å². The maximum absolute atomic E-state index is 13.2. The first-order valence-corrected chi connectivity index (χ1v) is 12.0. The van der Waals surface area contributed by atoms with Crippen LogP contribution in [0.1, 0.15) is 37.9 Å². The second-order valence-electron chi connectivity index (χ2n) is 8.15. The highest BCUT2D eigenvalue weighted by molar-refractivity contribution is 6.46. The number of aliphatic hydroxyl groups is 1. The molecule has 0 saturated carbocycles. The van der Waals surface area contributed by atoms with Gasteiger partial charge in [-0.05, 0) is 62.0 Å². The van der Waals surface area contributed by atoms with Gasteiger partial charge in [0.05, 0.1) is 18.2 Å². The van der Waals surface area contributed by atoms with E-state index in [4.69, 9.17) is 9.47 Å². The number of nitrogens with zero attached hydrogens (tertiary/aromatic N) is 2. The Labute approximate surface area is 207 Å². The van der Waals surface area contributed by atoms with Crippen LogP contribution in [0.4, 0.5) is 0 Å². The van der Waals surface area contributed by atoms with Crippen molar-refractivity contribution in [2.75, 3.05) is 39.4 Å². The van der Waals surface area contributed by atoms with E-state index < -0.39 is 17.7 Å². The lowest BCUT2D eigenvalue weighted by molar-refractivity contribution is -0.140. The van der Waals surface area contributed by atoms with Crippen molar-refractivity contribution in [3.63, 3.8) is 0 Å². The molecule has 0 spiro atoms. The molecule has 1 atom stereocenters. The van der Waals surface area contributed by atoms with Gasteiger partial charge in [0.1, 0.15) is 23.9 Å². The number of carbonyl (C=O) groups excluding carboxylic acids is 2. The lowest BCUT2D eigenvalue weighted by Gasteiger charge is -2.28. The summed E-state index contributed by atoms with van der Waals surface area (Å²) in [7, 11) is 0. The van der Waals surface area contributed by atoms with Crippen LogP contribution in [0.25, 0.3) is 5.76 Å². The number of likely N-dealkylation sites (N-methyl/N-ethyl adjacent to an activating group) is 1. The number of likely N-dealkylation sites (tertiary alicyclic amines) is 1. The Morgan fingerprint density at radius 1 is 1.00 bits per heavy atom. The fourth-order valence-corrected chi connectivity index (χ4v) is 4.18. The molecule has 0 unspecified atom stereocenters. The van der Waals surface area contributed by atoms with Crippen LogP contribution < -0.4 is 9.47 Å². The van der Waals surface area contributed by atoms with E-state index in [1.807, 2.05) is 19.1 Å². The van der Waals surface area contributed by atoms with Crippen molar-refractivity contribution in [1.29, 1.82) is 0 Å². The van der Waals surface area contributed by atoms with Gasteiger partial charge in [0, 0.05) is 18.7 Å². The number of aliphatic hydroxyl groups excluding tert-OH is 1. The van der Waals surface area contributed by atoms with E-state index in [0.717, 1.165) is 18.7 Å². The van der Waals surface area contributed by atoms with E-state index in [1.165, 1.54) is 0 Å². The smallest absolute Gasteiger partial charge is 0.295 e. The van der Waals surface area contributed by atoms with Crippen LogP contribution in [-0.4, -0.2) is 66.0 Å². The highest BCUT2D eigenvalue weighted by Gasteiger charge is 2.45.